The smallest absolute Gasteiger partial charge is 0.0820 e. The fraction of sp³-hybridized carbons (Fsp3) is 0.381. The number of hydrogen-bond acceptors (Lipinski definition) is 4. The second kappa shape index (κ2) is 7.19. The average Bonchev–Trinajstić information content (AvgIpc) is 2.97. The van der Waals surface area contributed by atoms with Crippen molar-refractivity contribution in [3.8, 4) is 0 Å². The Kier molecular flexibility index (Phi) is 4.76. The van der Waals surface area contributed by atoms with Crippen molar-refractivity contribution in [1.82, 2.24) is 14.5 Å². The predicted molar refractivity (Wildman–Crippen MR) is 102 cm³/mol. The molecule has 0 bridgehead atoms. The number of benzene rings is 1. The Hall–Kier alpha value is -2.21. The summed E-state index contributed by atoms with van der Waals surface area (Å²) >= 11 is 0. The second-order valence-corrected chi connectivity index (χ2v) is 7.04. The highest BCUT2D eigenvalue weighted by Crippen LogP contribution is 2.35. The van der Waals surface area contributed by atoms with E-state index in [2.05, 4.69) is 39.6 Å². The van der Waals surface area contributed by atoms with Crippen molar-refractivity contribution < 1.29 is 10.2 Å². The number of aryl methyl sites for hydroxylation is 1. The van der Waals surface area contributed by atoms with Gasteiger partial charge in [0.25, 0.3) is 0 Å². The summed E-state index contributed by atoms with van der Waals surface area (Å²) < 4.78 is 2.32. The first kappa shape index (κ1) is 17.2. The van der Waals surface area contributed by atoms with Gasteiger partial charge in [-0.25, -0.2) is 0 Å². The molecule has 0 saturated heterocycles. The van der Waals surface area contributed by atoms with Crippen molar-refractivity contribution >= 4 is 10.9 Å². The van der Waals surface area contributed by atoms with Crippen LogP contribution in [-0.2, 0) is 13.0 Å². The third-order valence-corrected chi connectivity index (χ3v) is 5.41. The molecule has 0 saturated carbocycles. The van der Waals surface area contributed by atoms with Crippen LogP contribution in [0.4, 0.5) is 0 Å². The van der Waals surface area contributed by atoms with Gasteiger partial charge in [-0.05, 0) is 42.3 Å². The van der Waals surface area contributed by atoms with Crippen LogP contribution in [0.15, 0.2) is 42.7 Å². The number of aromatic nitrogens is 2. The first-order valence-corrected chi connectivity index (χ1v) is 9.19. The molecule has 1 aliphatic heterocycles. The molecule has 136 valence electrons. The Morgan fingerprint density at radius 3 is 2.69 bits per heavy atom. The van der Waals surface area contributed by atoms with Gasteiger partial charge in [0.1, 0.15) is 0 Å². The van der Waals surface area contributed by atoms with E-state index in [0.29, 0.717) is 6.54 Å². The van der Waals surface area contributed by atoms with Crippen LogP contribution in [0, 0.1) is 6.92 Å². The van der Waals surface area contributed by atoms with Gasteiger partial charge in [0.15, 0.2) is 0 Å². The van der Waals surface area contributed by atoms with E-state index in [4.69, 9.17) is 0 Å². The van der Waals surface area contributed by atoms with Crippen LogP contribution in [0.25, 0.3) is 10.9 Å². The third kappa shape index (κ3) is 2.92. The minimum Gasteiger partial charge on any atom is -0.395 e. The predicted octanol–water partition coefficient (Wildman–Crippen LogP) is 2.28. The van der Waals surface area contributed by atoms with E-state index < -0.39 is 0 Å². The lowest BCUT2D eigenvalue weighted by atomic mass is 10.0. The second-order valence-electron chi connectivity index (χ2n) is 7.04. The van der Waals surface area contributed by atoms with Crippen LogP contribution in [0.2, 0.25) is 0 Å². The van der Waals surface area contributed by atoms with E-state index in [0.717, 1.165) is 25.1 Å². The van der Waals surface area contributed by atoms with Gasteiger partial charge < -0.3 is 14.8 Å². The number of pyridine rings is 1. The molecular weight excluding hydrogens is 326 g/mol. The third-order valence-electron chi connectivity index (χ3n) is 5.41. The molecule has 2 aromatic heterocycles. The van der Waals surface area contributed by atoms with Crippen molar-refractivity contribution in [1.29, 1.82) is 0 Å². The van der Waals surface area contributed by atoms with Gasteiger partial charge in [0.2, 0.25) is 0 Å². The summed E-state index contributed by atoms with van der Waals surface area (Å²) in [5.41, 5.74) is 6.11. The summed E-state index contributed by atoms with van der Waals surface area (Å²) in [5, 5.41) is 20.8. The van der Waals surface area contributed by atoms with Crippen LogP contribution >= 0.6 is 0 Å². The number of fused-ring (bicyclic) bond motifs is 3. The number of nitrogens with zero attached hydrogens (tertiary/aromatic N) is 3. The van der Waals surface area contributed by atoms with E-state index >= 15 is 0 Å². The highest BCUT2D eigenvalue weighted by Gasteiger charge is 2.27. The van der Waals surface area contributed by atoms with E-state index in [9.17, 15) is 10.2 Å². The van der Waals surface area contributed by atoms with Crippen molar-refractivity contribution in [2.75, 3.05) is 26.3 Å². The summed E-state index contributed by atoms with van der Waals surface area (Å²) in [6.45, 7) is 4.82. The molecule has 1 atom stereocenters. The molecule has 5 nitrogen and oxygen atoms in total. The topological polar surface area (TPSA) is 61.5 Å². The first-order valence-electron chi connectivity index (χ1n) is 9.19. The zero-order chi connectivity index (χ0) is 18.1. The number of rotatable bonds is 5. The quantitative estimate of drug-likeness (QED) is 0.740. The molecule has 0 spiro atoms. The lowest BCUT2D eigenvalue weighted by Crippen LogP contribution is -2.33. The molecule has 0 radical (unpaired) electrons. The molecule has 26 heavy (non-hydrogen) atoms. The number of aliphatic hydroxyl groups is 2. The fourth-order valence-electron chi connectivity index (χ4n) is 4.17. The van der Waals surface area contributed by atoms with Crippen LogP contribution in [0.1, 0.15) is 28.4 Å². The maximum atomic E-state index is 10.2. The average molecular weight is 351 g/mol. The molecular formula is C21H25N3O2. The van der Waals surface area contributed by atoms with Crippen LogP contribution < -0.4 is 0 Å². The van der Waals surface area contributed by atoms with Gasteiger partial charge in [-0.3, -0.25) is 9.88 Å². The molecule has 0 fully saturated rings. The van der Waals surface area contributed by atoms with Gasteiger partial charge in [-0.1, -0.05) is 11.6 Å². The minimum atomic E-state index is -0.114. The maximum absolute atomic E-state index is 10.2. The van der Waals surface area contributed by atoms with E-state index in [-0.39, 0.29) is 19.3 Å². The molecule has 5 heteroatoms. The minimum absolute atomic E-state index is 0.0501. The highest BCUT2D eigenvalue weighted by atomic mass is 16.3. The number of hydrogen-bond donors (Lipinski definition) is 2. The summed E-state index contributed by atoms with van der Waals surface area (Å²) in [7, 11) is 0. The molecule has 1 aromatic carbocycles. The van der Waals surface area contributed by atoms with Gasteiger partial charge in [-0.15, -0.1) is 0 Å². The SMILES string of the molecule is Cc1ccc2c(c1)c1c(n2C(CO)c2ccncc2)CCN(CCO)C1. The molecule has 3 heterocycles. The van der Waals surface area contributed by atoms with Gasteiger partial charge in [0.05, 0.1) is 19.3 Å². The molecule has 0 aliphatic carbocycles. The first-order chi connectivity index (χ1) is 12.7. The Bertz CT molecular complexity index is 905. The Morgan fingerprint density at radius 2 is 1.96 bits per heavy atom. The summed E-state index contributed by atoms with van der Waals surface area (Å²) in [4.78, 5) is 6.41. The van der Waals surface area contributed by atoms with Gasteiger partial charge in [0, 0.05) is 55.0 Å². The monoisotopic (exact) mass is 351 g/mol. The van der Waals surface area contributed by atoms with Gasteiger partial charge >= 0.3 is 0 Å². The van der Waals surface area contributed by atoms with Crippen molar-refractivity contribution in [2.24, 2.45) is 0 Å². The highest BCUT2D eigenvalue weighted by molar-refractivity contribution is 5.87. The Balaban J connectivity index is 1.90. The molecule has 0 amide bonds. The van der Waals surface area contributed by atoms with Crippen molar-refractivity contribution in [2.45, 2.75) is 25.9 Å². The van der Waals surface area contributed by atoms with Gasteiger partial charge in [-0.2, -0.15) is 0 Å². The zero-order valence-corrected chi connectivity index (χ0v) is 15.1. The van der Waals surface area contributed by atoms with Crippen LogP contribution in [0.5, 0.6) is 0 Å². The summed E-state index contributed by atoms with van der Waals surface area (Å²) in [6, 6.07) is 10.4. The molecule has 1 unspecified atom stereocenters. The summed E-state index contributed by atoms with van der Waals surface area (Å²) in [6.07, 6.45) is 4.48. The molecule has 1 aliphatic rings. The van der Waals surface area contributed by atoms with Crippen molar-refractivity contribution in [3.05, 3.63) is 65.1 Å². The normalized spacial score (nSPS) is 16.0. The molecule has 3 aromatic rings. The fourth-order valence-corrected chi connectivity index (χ4v) is 4.17. The van der Waals surface area contributed by atoms with Crippen LogP contribution in [0.3, 0.4) is 0 Å². The standard InChI is InChI=1S/C21H25N3O2/c1-15-2-3-19-17(12-15)18-13-23(10-11-25)9-6-20(18)24(19)21(14-26)16-4-7-22-8-5-16/h2-5,7-8,12,21,25-26H,6,9-11,13-14H2,1H3. The van der Waals surface area contributed by atoms with E-state index in [1.54, 1.807) is 12.4 Å². The van der Waals surface area contributed by atoms with Crippen molar-refractivity contribution in [3.63, 3.8) is 0 Å². The zero-order valence-electron chi connectivity index (χ0n) is 15.1. The Labute approximate surface area is 153 Å². The maximum Gasteiger partial charge on any atom is 0.0820 e. The molecule has 4 rings (SSSR count). The number of aliphatic hydroxyl groups excluding tert-OH is 2. The van der Waals surface area contributed by atoms with Crippen LogP contribution in [-0.4, -0.2) is 51.0 Å². The largest absolute Gasteiger partial charge is 0.395 e. The Morgan fingerprint density at radius 1 is 1.15 bits per heavy atom. The molecule has 2 N–H and O–H groups in total. The number of β-amino-alcohol motifs (C(OH)–C–C–N with tert-alkyl or cyclic N) is 1. The lowest BCUT2D eigenvalue weighted by Gasteiger charge is -2.29. The van der Waals surface area contributed by atoms with E-state index in [1.165, 1.54) is 27.7 Å². The van der Waals surface area contributed by atoms with E-state index in [1.807, 2.05) is 12.1 Å². The lowest BCUT2D eigenvalue weighted by molar-refractivity contribution is 0.182. The summed E-state index contributed by atoms with van der Waals surface area (Å²) in [5.74, 6) is 0.